The van der Waals surface area contributed by atoms with E-state index in [-0.39, 0.29) is 44.2 Å². The van der Waals surface area contributed by atoms with Gasteiger partial charge < -0.3 is 31.2 Å². The first kappa shape index (κ1) is 23.2. The zero-order chi connectivity index (χ0) is 13.2. The molecule has 0 spiro atoms. The van der Waals surface area contributed by atoms with Gasteiger partial charge in [0.25, 0.3) is 0 Å². The third kappa shape index (κ3) is 31.7. The van der Waals surface area contributed by atoms with Crippen molar-refractivity contribution in [3.63, 3.8) is 0 Å². The molecule has 0 aromatic carbocycles. The molecule has 0 atom stereocenters. The van der Waals surface area contributed by atoms with Gasteiger partial charge >= 0.3 is 45.2 Å². The average Bonchev–Trinajstić information content (AvgIpc) is 2.10. The minimum Gasteiger partial charge on any atom is -1.00 e. The van der Waals surface area contributed by atoms with Crippen LogP contribution in [-0.2, 0) is 18.2 Å². The predicted molar refractivity (Wildman–Crippen MR) is 51.3 cm³/mol. The molecule has 17 heavy (non-hydrogen) atoms. The molecule has 0 saturated heterocycles. The van der Waals surface area contributed by atoms with Crippen LogP contribution < -0.4 is 29.6 Å². The Morgan fingerprint density at radius 3 is 1.18 bits per heavy atom. The van der Waals surface area contributed by atoms with Gasteiger partial charge in [-0.1, -0.05) is 0 Å². The van der Waals surface area contributed by atoms with Gasteiger partial charge in [-0.25, -0.2) is 9.13 Å². The van der Waals surface area contributed by atoms with Gasteiger partial charge in [-0.05, 0) is 0 Å². The van der Waals surface area contributed by atoms with E-state index in [0.29, 0.717) is 0 Å². The first-order valence-electron chi connectivity index (χ1n) is 3.74. The summed E-state index contributed by atoms with van der Waals surface area (Å²) in [6, 6.07) is 0. The van der Waals surface area contributed by atoms with Gasteiger partial charge in [0, 0.05) is 0 Å². The standard InChI is InChI=1S/C2H8O8P2.C2H6O2.Na.H/c3-11(4,5)9-1-2-10-12(6,7)8;3-1-2-4;;/h1-2H2,(H2,3,4,5)(H2,6,7,8);3-4H,1-2H2;;/q;;+1;-1. The summed E-state index contributed by atoms with van der Waals surface area (Å²) in [5.41, 5.74) is 0. The van der Waals surface area contributed by atoms with Crippen molar-refractivity contribution >= 4 is 15.6 Å². The fourth-order valence-electron chi connectivity index (χ4n) is 0.312. The number of phosphoric acid groups is 2. The molecular weight excluding hydrogens is 293 g/mol. The molecular formula is C4H15NaO10P2. The number of phosphoric ester groups is 2. The Hall–Kier alpha value is 1.14. The maximum atomic E-state index is 9.98. The Morgan fingerprint density at radius 2 is 1.06 bits per heavy atom. The van der Waals surface area contributed by atoms with Crippen molar-refractivity contribution < 1.29 is 78.9 Å². The molecule has 6 N–H and O–H groups in total. The van der Waals surface area contributed by atoms with E-state index in [2.05, 4.69) is 9.05 Å². The molecule has 102 valence electrons. The third-order valence-electron chi connectivity index (χ3n) is 0.702. The second-order valence-electron chi connectivity index (χ2n) is 2.09. The molecule has 0 amide bonds. The van der Waals surface area contributed by atoms with Crippen LogP contribution in [0.4, 0.5) is 0 Å². The quantitative estimate of drug-likeness (QED) is 0.159. The van der Waals surface area contributed by atoms with E-state index in [4.69, 9.17) is 29.8 Å². The summed E-state index contributed by atoms with van der Waals surface area (Å²) in [5, 5.41) is 15.2. The largest absolute Gasteiger partial charge is 1.00 e. The van der Waals surface area contributed by atoms with E-state index in [0.717, 1.165) is 0 Å². The van der Waals surface area contributed by atoms with Gasteiger partial charge in [0.15, 0.2) is 0 Å². The molecule has 0 aliphatic carbocycles. The van der Waals surface area contributed by atoms with E-state index in [1.165, 1.54) is 0 Å². The van der Waals surface area contributed by atoms with Crippen molar-refractivity contribution in [3.05, 3.63) is 0 Å². The number of rotatable bonds is 6. The molecule has 0 saturated carbocycles. The Balaban J connectivity index is -0.000000143. The molecule has 0 rings (SSSR count). The Bertz CT molecular complexity index is 226. The minimum atomic E-state index is -4.58. The van der Waals surface area contributed by atoms with Gasteiger partial charge in [-0.15, -0.1) is 0 Å². The fourth-order valence-corrected chi connectivity index (χ4v) is 0.937. The van der Waals surface area contributed by atoms with E-state index in [1.54, 1.807) is 0 Å². The normalized spacial score (nSPS) is 11.2. The summed E-state index contributed by atoms with van der Waals surface area (Å²) in [4.78, 5) is 32.3. The van der Waals surface area contributed by atoms with Crippen LogP contribution in [0.1, 0.15) is 1.43 Å². The Labute approximate surface area is 121 Å². The molecule has 13 heteroatoms. The van der Waals surface area contributed by atoms with Crippen LogP contribution in [0.2, 0.25) is 0 Å². The molecule has 0 fully saturated rings. The van der Waals surface area contributed by atoms with Gasteiger partial charge in [-0.2, -0.15) is 0 Å². The van der Waals surface area contributed by atoms with Crippen LogP contribution in [0.5, 0.6) is 0 Å². The first-order valence-corrected chi connectivity index (χ1v) is 6.80. The molecule has 0 unspecified atom stereocenters. The van der Waals surface area contributed by atoms with Crippen LogP contribution in [-0.4, -0.2) is 56.2 Å². The summed E-state index contributed by atoms with van der Waals surface area (Å²) in [5.74, 6) is 0. The molecule has 0 aliphatic heterocycles. The monoisotopic (exact) mass is 308 g/mol. The summed E-state index contributed by atoms with van der Waals surface area (Å²) < 4.78 is 27.6. The molecule has 0 aromatic rings. The topological polar surface area (TPSA) is 174 Å². The van der Waals surface area contributed by atoms with E-state index in [1.807, 2.05) is 0 Å². The zero-order valence-electron chi connectivity index (χ0n) is 10.0. The van der Waals surface area contributed by atoms with E-state index in [9.17, 15) is 9.13 Å². The number of hydrogen-bond acceptors (Lipinski definition) is 6. The summed E-state index contributed by atoms with van der Waals surface area (Å²) in [7, 11) is -9.16. The van der Waals surface area contributed by atoms with Crippen LogP contribution in [0.15, 0.2) is 0 Å². The first-order chi connectivity index (χ1) is 7.12. The van der Waals surface area contributed by atoms with Crippen LogP contribution in [0.25, 0.3) is 0 Å². The third-order valence-corrected chi connectivity index (χ3v) is 1.74. The molecule has 0 radical (unpaired) electrons. The smallest absolute Gasteiger partial charge is 1.00 e. The van der Waals surface area contributed by atoms with Crippen LogP contribution >= 0.6 is 15.6 Å². The molecule has 0 bridgehead atoms. The van der Waals surface area contributed by atoms with E-state index >= 15 is 0 Å². The second kappa shape index (κ2) is 12.2. The van der Waals surface area contributed by atoms with Crippen molar-refractivity contribution in [2.45, 2.75) is 0 Å². The number of hydrogen-bond donors (Lipinski definition) is 6. The molecule has 0 aromatic heterocycles. The predicted octanol–water partition coefficient (Wildman–Crippen LogP) is -4.71. The summed E-state index contributed by atoms with van der Waals surface area (Å²) in [6.45, 7) is -1.43. The molecule has 0 heterocycles. The van der Waals surface area contributed by atoms with Gasteiger partial charge in [0.2, 0.25) is 0 Å². The van der Waals surface area contributed by atoms with Crippen molar-refractivity contribution in [1.29, 1.82) is 0 Å². The zero-order valence-corrected chi connectivity index (χ0v) is 12.8. The van der Waals surface area contributed by atoms with Crippen molar-refractivity contribution in [3.8, 4) is 0 Å². The maximum Gasteiger partial charge on any atom is 1.00 e. The summed E-state index contributed by atoms with van der Waals surface area (Å²) in [6.07, 6.45) is 0. The molecule has 10 nitrogen and oxygen atoms in total. The van der Waals surface area contributed by atoms with E-state index < -0.39 is 28.9 Å². The molecule has 0 aliphatic rings. The van der Waals surface area contributed by atoms with Gasteiger partial charge in [0.1, 0.15) is 0 Å². The number of aliphatic hydroxyl groups is 2. The Morgan fingerprint density at radius 1 is 0.824 bits per heavy atom. The number of aliphatic hydroxyl groups excluding tert-OH is 2. The second-order valence-corrected chi connectivity index (χ2v) is 4.57. The average molecular weight is 308 g/mol. The maximum absolute atomic E-state index is 9.98. The summed E-state index contributed by atoms with van der Waals surface area (Å²) >= 11 is 0. The SMILES string of the molecule is O=P(O)(O)OCCOP(=O)(O)O.OCCO.[H-].[Na+]. The Kier molecular flexibility index (Phi) is 16.7. The van der Waals surface area contributed by atoms with Crippen LogP contribution in [0.3, 0.4) is 0 Å². The van der Waals surface area contributed by atoms with Crippen molar-refractivity contribution in [2.75, 3.05) is 26.4 Å². The van der Waals surface area contributed by atoms with Crippen molar-refractivity contribution in [1.82, 2.24) is 0 Å². The fraction of sp³-hybridized carbons (Fsp3) is 1.00. The van der Waals surface area contributed by atoms with Gasteiger partial charge in [-0.3, -0.25) is 9.05 Å². The van der Waals surface area contributed by atoms with Crippen molar-refractivity contribution in [2.24, 2.45) is 0 Å². The van der Waals surface area contributed by atoms with Gasteiger partial charge in [0.05, 0.1) is 26.4 Å². The van der Waals surface area contributed by atoms with Crippen LogP contribution in [0, 0.1) is 0 Å². The minimum absolute atomic E-state index is 0.